The van der Waals surface area contributed by atoms with Crippen LogP contribution >= 0.6 is 0 Å². The molecule has 1 atom stereocenters. The van der Waals surface area contributed by atoms with Crippen molar-refractivity contribution in [2.75, 3.05) is 0 Å². The van der Waals surface area contributed by atoms with Crippen molar-refractivity contribution in [1.29, 1.82) is 0 Å². The molecule has 1 unspecified atom stereocenters. The first kappa shape index (κ1) is 31.1. The Morgan fingerprint density at radius 3 is 2.36 bits per heavy atom. The molecule has 206 valence electrons. The lowest BCUT2D eigenvalue weighted by molar-refractivity contribution is -0.141. The Labute approximate surface area is 230 Å². The minimum absolute atomic E-state index is 0.155. The number of nitrogens with zero attached hydrogens (tertiary/aromatic N) is 2. The average molecular weight is 532 g/mol. The van der Waals surface area contributed by atoms with E-state index in [2.05, 4.69) is 31.0 Å². The summed E-state index contributed by atoms with van der Waals surface area (Å²) < 4.78 is 10.7. The van der Waals surface area contributed by atoms with E-state index in [1.54, 1.807) is 19.1 Å². The number of hydrogen-bond acceptors (Lipinski definition) is 4. The monoisotopic (exact) mass is 531 g/mol. The molecule has 0 fully saturated rings. The fraction of sp³-hybridized carbons (Fsp3) is 0.312. The Morgan fingerprint density at radius 2 is 1.77 bits per heavy atom. The van der Waals surface area contributed by atoms with Crippen molar-refractivity contribution < 1.29 is 19.1 Å². The number of carbonyl (C=O) groups is 2. The Balaban J connectivity index is 0.000000976. The Morgan fingerprint density at radius 1 is 1.08 bits per heavy atom. The molecule has 3 rings (SSSR count). The molecule has 2 aromatic carbocycles. The van der Waals surface area contributed by atoms with Crippen LogP contribution in [-0.4, -0.2) is 27.0 Å². The molecule has 0 saturated carbocycles. The zero-order valence-corrected chi connectivity index (χ0v) is 23.0. The molecule has 0 aliphatic carbocycles. The minimum Gasteiger partial charge on any atom is -0.481 e. The number of rotatable bonds is 12. The number of carboxylic acids is 1. The van der Waals surface area contributed by atoms with Crippen LogP contribution in [-0.2, 0) is 30.6 Å². The van der Waals surface area contributed by atoms with Crippen molar-refractivity contribution in [3.63, 3.8) is 0 Å². The van der Waals surface area contributed by atoms with Gasteiger partial charge in [-0.25, -0.2) is 14.4 Å². The summed E-state index contributed by atoms with van der Waals surface area (Å²) in [7, 11) is 0. The zero-order valence-electron chi connectivity index (χ0n) is 23.0. The Kier molecular flexibility index (Phi) is 13.3. The number of carbonyl (C=O) groups excluding carboxylic acids is 1. The summed E-state index contributed by atoms with van der Waals surface area (Å²) >= 11 is 0. The molecule has 0 radical (unpaired) electrons. The van der Waals surface area contributed by atoms with E-state index < -0.39 is 5.97 Å². The highest BCUT2D eigenvalue weighted by molar-refractivity contribution is 5.97. The number of benzene rings is 2. The fourth-order valence-corrected chi connectivity index (χ4v) is 3.79. The second-order valence-corrected chi connectivity index (χ2v) is 9.13. The highest BCUT2D eigenvalue weighted by Gasteiger charge is 2.14. The van der Waals surface area contributed by atoms with E-state index in [-0.39, 0.29) is 11.8 Å². The number of fused-ring (bicyclic) bond motifs is 1. The molecule has 6 nitrogen and oxygen atoms in total. The van der Waals surface area contributed by atoms with Gasteiger partial charge in [0.15, 0.2) is 0 Å². The number of aromatic nitrogens is 2. The van der Waals surface area contributed by atoms with Crippen LogP contribution in [0.4, 0.5) is 4.39 Å². The SMILES string of the molecule is C/C=C\Cc1nc2ccc(C(=O)NCc3ccc(CC)cc3)cc2nc1CCCC(C)C(=O)O.C=C/C=C/F. The molecule has 7 heteroatoms. The van der Waals surface area contributed by atoms with Crippen molar-refractivity contribution in [2.45, 2.75) is 59.4 Å². The van der Waals surface area contributed by atoms with Crippen LogP contribution in [0.2, 0.25) is 0 Å². The van der Waals surface area contributed by atoms with Crippen LogP contribution in [0.1, 0.15) is 66.5 Å². The lowest BCUT2D eigenvalue weighted by Crippen LogP contribution is -2.22. The summed E-state index contributed by atoms with van der Waals surface area (Å²) in [6.07, 6.45) is 10.7. The maximum absolute atomic E-state index is 12.8. The predicted molar refractivity (Wildman–Crippen MR) is 155 cm³/mol. The predicted octanol–water partition coefficient (Wildman–Crippen LogP) is 6.94. The number of hydrogen-bond donors (Lipinski definition) is 2. The molecule has 3 aromatic rings. The highest BCUT2D eigenvalue weighted by Crippen LogP contribution is 2.19. The molecule has 0 saturated heterocycles. The van der Waals surface area contributed by atoms with Gasteiger partial charge in [0.25, 0.3) is 5.91 Å². The Bertz CT molecular complexity index is 1300. The quantitative estimate of drug-likeness (QED) is 0.195. The second kappa shape index (κ2) is 16.7. The van der Waals surface area contributed by atoms with Gasteiger partial charge in [0.05, 0.1) is 34.7 Å². The van der Waals surface area contributed by atoms with Gasteiger partial charge in [-0.2, -0.15) is 0 Å². The molecule has 1 heterocycles. The maximum atomic E-state index is 12.8. The average Bonchev–Trinajstić information content (AvgIpc) is 2.95. The van der Waals surface area contributed by atoms with Gasteiger partial charge in [-0.3, -0.25) is 9.59 Å². The van der Waals surface area contributed by atoms with Gasteiger partial charge in [0, 0.05) is 18.5 Å². The minimum atomic E-state index is -0.782. The van der Waals surface area contributed by atoms with Crippen molar-refractivity contribution in [1.82, 2.24) is 15.3 Å². The largest absolute Gasteiger partial charge is 0.481 e. The van der Waals surface area contributed by atoms with E-state index in [9.17, 15) is 14.0 Å². The number of halogens is 1. The standard InChI is InChI=1S/C28H33N3O3.C4H5F/c1-4-6-9-23-24(10-7-8-19(3)28(33)34)31-26-17-22(15-16-25(26)30-23)27(32)29-18-21-13-11-20(5-2)12-14-21;1-2-3-4-5/h4,6,11-17,19H,5,7-10,18H2,1-3H3,(H,29,32)(H,33,34);2-4H,1H2/b6-4-;4-3+. The topological polar surface area (TPSA) is 92.2 Å². The molecular formula is C32H38FN3O3. The van der Waals surface area contributed by atoms with Crippen LogP contribution in [0.5, 0.6) is 0 Å². The molecule has 0 spiro atoms. The van der Waals surface area contributed by atoms with Gasteiger partial charge in [-0.15, -0.1) is 0 Å². The van der Waals surface area contributed by atoms with Crippen LogP contribution in [0.25, 0.3) is 11.0 Å². The van der Waals surface area contributed by atoms with Gasteiger partial charge in [0.2, 0.25) is 0 Å². The van der Waals surface area contributed by atoms with E-state index in [0.29, 0.717) is 49.6 Å². The van der Waals surface area contributed by atoms with E-state index in [0.717, 1.165) is 28.9 Å². The summed E-state index contributed by atoms with van der Waals surface area (Å²) in [4.78, 5) is 33.5. The molecule has 1 amide bonds. The molecule has 0 bridgehead atoms. The first-order valence-electron chi connectivity index (χ1n) is 13.2. The number of amides is 1. The molecule has 0 aliphatic heterocycles. The lowest BCUT2D eigenvalue weighted by atomic mass is 10.0. The van der Waals surface area contributed by atoms with E-state index in [1.807, 2.05) is 37.3 Å². The third-order valence-electron chi connectivity index (χ3n) is 6.19. The number of aryl methyl sites for hydroxylation is 2. The number of allylic oxidation sites excluding steroid dienone is 4. The van der Waals surface area contributed by atoms with Crippen molar-refractivity contribution >= 4 is 22.9 Å². The van der Waals surface area contributed by atoms with Gasteiger partial charge >= 0.3 is 5.97 Å². The lowest BCUT2D eigenvalue weighted by Gasteiger charge is -2.11. The maximum Gasteiger partial charge on any atom is 0.306 e. The van der Waals surface area contributed by atoms with E-state index in [1.165, 1.54) is 17.7 Å². The Hall–Kier alpha value is -4.13. The smallest absolute Gasteiger partial charge is 0.306 e. The van der Waals surface area contributed by atoms with Gasteiger partial charge in [-0.05, 0) is 68.0 Å². The molecule has 0 aliphatic rings. The number of carboxylic acid groups (broad SMARTS) is 1. The van der Waals surface area contributed by atoms with E-state index in [4.69, 9.17) is 15.1 Å². The molecule has 1 aromatic heterocycles. The third kappa shape index (κ3) is 10.3. The number of aliphatic carboxylic acids is 1. The van der Waals surface area contributed by atoms with E-state index >= 15 is 0 Å². The summed E-state index contributed by atoms with van der Waals surface area (Å²) in [5.41, 5.74) is 6.03. The summed E-state index contributed by atoms with van der Waals surface area (Å²) in [6.45, 7) is 9.48. The molecule has 39 heavy (non-hydrogen) atoms. The molecular weight excluding hydrogens is 493 g/mol. The van der Waals surface area contributed by atoms with Crippen LogP contribution in [0, 0.1) is 5.92 Å². The fourth-order valence-electron chi connectivity index (χ4n) is 3.79. The van der Waals surface area contributed by atoms with Crippen LogP contribution in [0.15, 0.2) is 79.7 Å². The van der Waals surface area contributed by atoms with Gasteiger partial charge < -0.3 is 10.4 Å². The van der Waals surface area contributed by atoms with Crippen molar-refractivity contribution in [3.8, 4) is 0 Å². The van der Waals surface area contributed by atoms with Crippen LogP contribution < -0.4 is 5.32 Å². The second-order valence-electron chi connectivity index (χ2n) is 9.13. The summed E-state index contributed by atoms with van der Waals surface area (Å²) in [5, 5.41) is 12.1. The van der Waals surface area contributed by atoms with Crippen LogP contribution in [0.3, 0.4) is 0 Å². The normalized spacial score (nSPS) is 11.8. The number of nitrogens with one attached hydrogen (secondary N) is 1. The van der Waals surface area contributed by atoms with Gasteiger partial charge in [-0.1, -0.05) is 62.9 Å². The first-order chi connectivity index (χ1) is 18.8. The van der Waals surface area contributed by atoms with Gasteiger partial charge in [0.1, 0.15) is 0 Å². The summed E-state index contributed by atoms with van der Waals surface area (Å²) in [5.74, 6) is -1.32. The zero-order chi connectivity index (χ0) is 28.6. The molecule has 2 N–H and O–H groups in total. The third-order valence-corrected chi connectivity index (χ3v) is 6.19. The van der Waals surface area contributed by atoms with Crippen molar-refractivity contribution in [3.05, 3.63) is 108 Å². The first-order valence-corrected chi connectivity index (χ1v) is 13.2. The van der Waals surface area contributed by atoms with Crippen molar-refractivity contribution in [2.24, 2.45) is 5.92 Å². The highest BCUT2D eigenvalue weighted by atomic mass is 19.1. The summed E-state index contributed by atoms with van der Waals surface area (Å²) in [6, 6.07) is 13.6.